The van der Waals surface area contributed by atoms with E-state index in [0.717, 1.165) is 38.9 Å². The molecule has 2 aromatic rings. The average molecular weight is 301 g/mol. The van der Waals surface area contributed by atoms with Crippen LogP contribution in [0.3, 0.4) is 0 Å². The minimum atomic E-state index is -0.198. The highest BCUT2D eigenvalue weighted by atomic mass is 32.1. The van der Waals surface area contributed by atoms with Crippen LogP contribution in [0, 0.1) is 5.92 Å². The van der Waals surface area contributed by atoms with Gasteiger partial charge in [0.05, 0.1) is 6.10 Å². The van der Waals surface area contributed by atoms with Gasteiger partial charge >= 0.3 is 0 Å². The number of nitrogens with zero attached hydrogens (tertiary/aromatic N) is 1. The summed E-state index contributed by atoms with van der Waals surface area (Å²) in [6.45, 7) is 3.28. The predicted octanol–water partition coefficient (Wildman–Crippen LogP) is 3.56. The smallest absolute Gasteiger partial charge is 0.0609 e. The van der Waals surface area contributed by atoms with Crippen LogP contribution >= 0.6 is 11.3 Å². The molecule has 0 saturated carbocycles. The van der Waals surface area contributed by atoms with Gasteiger partial charge in [-0.05, 0) is 55.3 Å². The van der Waals surface area contributed by atoms with E-state index in [1.807, 2.05) is 29.5 Å². The molecule has 1 fully saturated rings. The van der Waals surface area contributed by atoms with E-state index in [-0.39, 0.29) is 6.10 Å². The van der Waals surface area contributed by atoms with Gasteiger partial charge in [0.1, 0.15) is 0 Å². The van der Waals surface area contributed by atoms with Crippen molar-refractivity contribution in [3.8, 4) is 0 Å². The zero-order valence-corrected chi connectivity index (χ0v) is 13.1. The van der Waals surface area contributed by atoms with Crippen molar-refractivity contribution in [2.24, 2.45) is 5.92 Å². The molecule has 1 saturated heterocycles. The normalized spacial score (nSPS) is 18.7. The Kier molecular flexibility index (Phi) is 5.07. The van der Waals surface area contributed by atoms with Crippen LogP contribution in [0.25, 0.3) is 0 Å². The standard InChI is InChI=1S/C18H23NOS/c20-18(13-15-5-2-1-3-6-15)16-8-10-19(11-9-16)14-17-7-4-12-21-17/h1-7,12,16,18,20H,8-11,13-14H2. The lowest BCUT2D eigenvalue weighted by Gasteiger charge is -2.34. The number of piperidine rings is 1. The largest absolute Gasteiger partial charge is 0.392 e. The van der Waals surface area contributed by atoms with Gasteiger partial charge in [0, 0.05) is 11.4 Å². The third kappa shape index (κ3) is 4.16. The summed E-state index contributed by atoms with van der Waals surface area (Å²) in [5.74, 6) is 0.449. The van der Waals surface area contributed by atoms with Crippen molar-refractivity contribution >= 4 is 11.3 Å². The second kappa shape index (κ2) is 7.21. The van der Waals surface area contributed by atoms with E-state index < -0.39 is 0 Å². The second-order valence-corrected chi connectivity index (χ2v) is 6.98. The lowest BCUT2D eigenvalue weighted by atomic mass is 9.88. The molecule has 0 amide bonds. The summed E-state index contributed by atoms with van der Waals surface area (Å²) in [5, 5.41) is 12.6. The Bertz CT molecular complexity index is 517. The molecule has 3 rings (SSSR count). The number of hydrogen-bond donors (Lipinski definition) is 1. The van der Waals surface area contributed by atoms with Gasteiger partial charge in [-0.3, -0.25) is 4.90 Å². The first-order chi connectivity index (χ1) is 10.3. The number of rotatable bonds is 5. The zero-order valence-electron chi connectivity index (χ0n) is 12.3. The summed E-state index contributed by atoms with van der Waals surface area (Å²) >= 11 is 1.83. The summed E-state index contributed by atoms with van der Waals surface area (Å²) in [5.41, 5.74) is 1.24. The maximum absolute atomic E-state index is 10.5. The molecule has 1 unspecified atom stereocenters. The predicted molar refractivity (Wildman–Crippen MR) is 88.5 cm³/mol. The number of hydrogen-bond acceptors (Lipinski definition) is 3. The van der Waals surface area contributed by atoms with Gasteiger partial charge in [0.2, 0.25) is 0 Å². The van der Waals surface area contributed by atoms with Gasteiger partial charge in [-0.2, -0.15) is 0 Å². The third-order valence-corrected chi connectivity index (χ3v) is 5.28. The van der Waals surface area contributed by atoms with E-state index in [1.165, 1.54) is 10.4 Å². The molecule has 1 aliphatic rings. The maximum atomic E-state index is 10.5. The molecular formula is C18H23NOS. The number of benzene rings is 1. The molecule has 0 spiro atoms. The molecule has 0 bridgehead atoms. The summed E-state index contributed by atoms with van der Waals surface area (Å²) in [7, 11) is 0. The van der Waals surface area contributed by atoms with Gasteiger partial charge in [0.15, 0.2) is 0 Å². The van der Waals surface area contributed by atoms with E-state index in [0.29, 0.717) is 5.92 Å². The fraction of sp³-hybridized carbons (Fsp3) is 0.444. The monoisotopic (exact) mass is 301 g/mol. The van der Waals surface area contributed by atoms with Gasteiger partial charge in [-0.15, -0.1) is 11.3 Å². The Hall–Kier alpha value is -1.16. The minimum absolute atomic E-state index is 0.198. The van der Waals surface area contributed by atoms with Gasteiger partial charge < -0.3 is 5.11 Å². The fourth-order valence-electron chi connectivity index (χ4n) is 3.14. The van der Waals surface area contributed by atoms with E-state index in [1.54, 1.807) is 0 Å². The molecule has 21 heavy (non-hydrogen) atoms. The quantitative estimate of drug-likeness (QED) is 0.912. The number of thiophene rings is 1. The van der Waals surface area contributed by atoms with Gasteiger partial charge in [-0.1, -0.05) is 36.4 Å². The van der Waals surface area contributed by atoms with Crippen molar-refractivity contribution in [2.45, 2.75) is 31.9 Å². The van der Waals surface area contributed by atoms with E-state index >= 15 is 0 Å². The minimum Gasteiger partial charge on any atom is -0.392 e. The van der Waals surface area contributed by atoms with Crippen LogP contribution in [0.1, 0.15) is 23.3 Å². The van der Waals surface area contributed by atoms with Crippen molar-refractivity contribution in [3.63, 3.8) is 0 Å². The Balaban J connectivity index is 1.46. The molecule has 1 N–H and O–H groups in total. The topological polar surface area (TPSA) is 23.5 Å². The number of likely N-dealkylation sites (tertiary alicyclic amines) is 1. The molecule has 3 heteroatoms. The lowest BCUT2D eigenvalue weighted by molar-refractivity contribution is 0.0579. The van der Waals surface area contributed by atoms with Crippen LogP contribution in [0.5, 0.6) is 0 Å². The summed E-state index contributed by atoms with van der Waals surface area (Å²) in [4.78, 5) is 3.95. The molecule has 1 atom stereocenters. The zero-order chi connectivity index (χ0) is 14.5. The molecular weight excluding hydrogens is 278 g/mol. The Labute approximate surface area is 131 Å². The Morgan fingerprint density at radius 3 is 2.52 bits per heavy atom. The van der Waals surface area contributed by atoms with Crippen molar-refractivity contribution in [3.05, 3.63) is 58.3 Å². The highest BCUT2D eigenvalue weighted by Crippen LogP contribution is 2.24. The lowest BCUT2D eigenvalue weighted by Crippen LogP contribution is -2.37. The number of aliphatic hydroxyl groups excluding tert-OH is 1. The highest BCUT2D eigenvalue weighted by Gasteiger charge is 2.25. The van der Waals surface area contributed by atoms with E-state index in [2.05, 4.69) is 34.5 Å². The highest BCUT2D eigenvalue weighted by molar-refractivity contribution is 7.09. The summed E-state index contributed by atoms with van der Waals surface area (Å²) in [6.07, 6.45) is 2.81. The van der Waals surface area contributed by atoms with Crippen LogP contribution in [0.4, 0.5) is 0 Å². The molecule has 1 aliphatic heterocycles. The Morgan fingerprint density at radius 1 is 1.10 bits per heavy atom. The number of aliphatic hydroxyl groups is 1. The van der Waals surface area contributed by atoms with Crippen LogP contribution in [-0.4, -0.2) is 29.2 Å². The average Bonchev–Trinajstić information content (AvgIpc) is 3.02. The van der Waals surface area contributed by atoms with Crippen LogP contribution < -0.4 is 0 Å². The molecule has 1 aromatic carbocycles. The van der Waals surface area contributed by atoms with E-state index in [4.69, 9.17) is 0 Å². The van der Waals surface area contributed by atoms with E-state index in [9.17, 15) is 5.11 Å². The molecule has 0 aliphatic carbocycles. The summed E-state index contributed by atoms with van der Waals surface area (Å²) < 4.78 is 0. The first-order valence-corrected chi connectivity index (χ1v) is 8.66. The van der Waals surface area contributed by atoms with Gasteiger partial charge in [0.25, 0.3) is 0 Å². The van der Waals surface area contributed by atoms with Crippen LogP contribution in [0.2, 0.25) is 0 Å². The Morgan fingerprint density at radius 2 is 1.86 bits per heavy atom. The molecule has 1 aromatic heterocycles. The van der Waals surface area contributed by atoms with Crippen LogP contribution in [0.15, 0.2) is 47.8 Å². The van der Waals surface area contributed by atoms with Crippen molar-refractivity contribution < 1.29 is 5.11 Å². The summed E-state index contributed by atoms with van der Waals surface area (Å²) in [6, 6.07) is 14.7. The van der Waals surface area contributed by atoms with Gasteiger partial charge in [-0.25, -0.2) is 0 Å². The second-order valence-electron chi connectivity index (χ2n) is 5.95. The van der Waals surface area contributed by atoms with Crippen molar-refractivity contribution in [1.29, 1.82) is 0 Å². The fourth-order valence-corrected chi connectivity index (χ4v) is 3.89. The van der Waals surface area contributed by atoms with Crippen LogP contribution in [-0.2, 0) is 13.0 Å². The van der Waals surface area contributed by atoms with Crippen molar-refractivity contribution in [2.75, 3.05) is 13.1 Å². The first kappa shape index (κ1) is 14.8. The van der Waals surface area contributed by atoms with Crippen molar-refractivity contribution in [1.82, 2.24) is 4.90 Å². The molecule has 0 radical (unpaired) electrons. The molecule has 2 heterocycles. The maximum Gasteiger partial charge on any atom is 0.0609 e. The molecule has 2 nitrogen and oxygen atoms in total. The first-order valence-electron chi connectivity index (χ1n) is 7.78. The SMILES string of the molecule is OC(Cc1ccccc1)C1CCN(Cc2cccs2)CC1. The third-order valence-electron chi connectivity index (χ3n) is 4.42. The molecule has 112 valence electrons.